The van der Waals surface area contributed by atoms with Crippen molar-refractivity contribution in [3.05, 3.63) is 77.4 Å². The average molecular weight is 490 g/mol. The van der Waals surface area contributed by atoms with Crippen LogP contribution in [-0.4, -0.2) is 32.2 Å². The number of benzene rings is 2. The van der Waals surface area contributed by atoms with Crippen molar-refractivity contribution in [3.8, 4) is 22.5 Å². The number of hydrogen-bond acceptors (Lipinski definition) is 5. The first-order chi connectivity index (χ1) is 16.5. The summed E-state index contributed by atoms with van der Waals surface area (Å²) in [6.45, 7) is 0. The molecule has 1 saturated carbocycles. The second-order valence-corrected chi connectivity index (χ2v) is 10.2. The Bertz CT molecular complexity index is 1280. The first-order valence-corrected chi connectivity index (χ1v) is 12.5. The predicted octanol–water partition coefficient (Wildman–Crippen LogP) is 6.46. The van der Waals surface area contributed by atoms with Gasteiger partial charge in [0.2, 0.25) is 0 Å². The summed E-state index contributed by atoms with van der Waals surface area (Å²) in [5.74, 6) is -0.101. The van der Waals surface area contributed by atoms with Crippen LogP contribution in [0.2, 0.25) is 0 Å². The minimum Gasteiger partial charge on any atom is -0.481 e. The molecule has 2 atom stereocenters. The summed E-state index contributed by atoms with van der Waals surface area (Å²) in [5.41, 5.74) is 3.19. The monoisotopic (exact) mass is 489 g/mol. The molecule has 3 aromatic rings. The fraction of sp³-hybridized carbons (Fsp3) is 0.222. The van der Waals surface area contributed by atoms with E-state index in [1.54, 1.807) is 11.0 Å². The van der Waals surface area contributed by atoms with Gasteiger partial charge in [-0.15, -0.1) is 0 Å². The second-order valence-electron chi connectivity index (χ2n) is 8.56. The van der Waals surface area contributed by atoms with Gasteiger partial charge in [-0.3, -0.25) is 14.5 Å². The number of nitrogens with zero attached hydrogens (tertiary/aromatic N) is 1. The molecule has 2 fully saturated rings. The Kier molecular flexibility index (Phi) is 6.39. The highest BCUT2D eigenvalue weighted by Gasteiger charge is 2.40. The van der Waals surface area contributed by atoms with Crippen LogP contribution in [0.5, 0.6) is 0 Å². The molecule has 1 N–H and O–H groups in total. The van der Waals surface area contributed by atoms with Gasteiger partial charge in [-0.2, -0.15) is 0 Å². The quantitative estimate of drug-likeness (QED) is 0.328. The van der Waals surface area contributed by atoms with Crippen molar-refractivity contribution >= 4 is 46.3 Å². The molecule has 1 aliphatic heterocycles. The summed E-state index contributed by atoms with van der Waals surface area (Å²) in [7, 11) is 0. The SMILES string of the molecule is O=C(O)C1CCCC(N2C(=O)/C(=C\c3ccc(-c4cccc(-c5ccccc5)c4)o3)SC2=S)C1. The fourth-order valence-electron chi connectivity index (χ4n) is 4.61. The van der Waals surface area contributed by atoms with Crippen molar-refractivity contribution in [2.24, 2.45) is 5.92 Å². The minimum absolute atomic E-state index is 0.166. The molecule has 2 aliphatic rings. The molecule has 2 unspecified atom stereocenters. The second kappa shape index (κ2) is 9.60. The molecule has 7 heteroatoms. The minimum atomic E-state index is -0.801. The maximum atomic E-state index is 13.1. The smallest absolute Gasteiger partial charge is 0.306 e. The first kappa shape index (κ1) is 22.6. The third-order valence-corrected chi connectivity index (χ3v) is 7.67. The Morgan fingerprint density at radius 3 is 2.59 bits per heavy atom. The van der Waals surface area contributed by atoms with Gasteiger partial charge < -0.3 is 9.52 Å². The van der Waals surface area contributed by atoms with E-state index in [0.717, 1.165) is 35.3 Å². The molecule has 2 heterocycles. The van der Waals surface area contributed by atoms with Crippen LogP contribution in [0.4, 0.5) is 0 Å². The number of rotatable bonds is 5. The molecular weight excluding hydrogens is 466 g/mol. The van der Waals surface area contributed by atoms with Gasteiger partial charge in [0, 0.05) is 17.7 Å². The lowest BCUT2D eigenvalue weighted by Gasteiger charge is -2.32. The Morgan fingerprint density at radius 1 is 1.03 bits per heavy atom. The zero-order valence-corrected chi connectivity index (χ0v) is 20.0. The summed E-state index contributed by atoms with van der Waals surface area (Å²) < 4.78 is 6.54. The normalized spacial score (nSPS) is 21.9. The lowest BCUT2D eigenvalue weighted by Crippen LogP contribution is -2.42. The molecule has 172 valence electrons. The zero-order chi connectivity index (χ0) is 23.7. The number of carboxylic acid groups (broad SMARTS) is 1. The van der Waals surface area contributed by atoms with E-state index in [9.17, 15) is 14.7 Å². The van der Waals surface area contributed by atoms with Crippen LogP contribution >= 0.6 is 24.0 Å². The number of carbonyl (C=O) groups excluding carboxylic acids is 1. The molecule has 0 radical (unpaired) electrons. The van der Waals surface area contributed by atoms with Gasteiger partial charge in [0.25, 0.3) is 5.91 Å². The molecule has 1 amide bonds. The summed E-state index contributed by atoms with van der Waals surface area (Å²) in [6.07, 6.45) is 4.36. The molecule has 1 aliphatic carbocycles. The number of carbonyl (C=O) groups is 2. The number of amides is 1. The number of thiocarbonyl (C=S) groups is 1. The van der Waals surface area contributed by atoms with Crippen LogP contribution < -0.4 is 0 Å². The summed E-state index contributed by atoms with van der Waals surface area (Å²) in [5, 5.41) is 9.39. The summed E-state index contributed by atoms with van der Waals surface area (Å²) in [4.78, 5) is 26.7. The van der Waals surface area contributed by atoms with Gasteiger partial charge >= 0.3 is 5.97 Å². The van der Waals surface area contributed by atoms with E-state index in [4.69, 9.17) is 16.6 Å². The average Bonchev–Trinajstić information content (AvgIpc) is 3.44. The van der Waals surface area contributed by atoms with E-state index < -0.39 is 11.9 Å². The number of aliphatic carboxylic acids is 1. The van der Waals surface area contributed by atoms with E-state index in [1.165, 1.54) is 11.8 Å². The lowest BCUT2D eigenvalue weighted by molar-refractivity contribution is -0.144. The van der Waals surface area contributed by atoms with Gasteiger partial charge in [-0.05, 0) is 48.6 Å². The third-order valence-electron chi connectivity index (χ3n) is 6.34. The Balaban J connectivity index is 1.35. The lowest BCUT2D eigenvalue weighted by atomic mass is 9.85. The van der Waals surface area contributed by atoms with Crippen LogP contribution in [0.1, 0.15) is 31.4 Å². The van der Waals surface area contributed by atoms with Crippen molar-refractivity contribution in [1.29, 1.82) is 0 Å². The van der Waals surface area contributed by atoms with E-state index >= 15 is 0 Å². The van der Waals surface area contributed by atoms with Gasteiger partial charge in [-0.25, -0.2) is 0 Å². The van der Waals surface area contributed by atoms with Crippen LogP contribution in [-0.2, 0) is 9.59 Å². The highest BCUT2D eigenvalue weighted by Crippen LogP contribution is 2.39. The molecular formula is C27H23NO4S2. The van der Waals surface area contributed by atoms with E-state index in [-0.39, 0.29) is 11.9 Å². The van der Waals surface area contributed by atoms with Crippen molar-refractivity contribution in [2.75, 3.05) is 0 Å². The topological polar surface area (TPSA) is 70.8 Å². The molecule has 2 aromatic carbocycles. The van der Waals surface area contributed by atoms with Gasteiger partial charge in [-0.1, -0.05) is 78.9 Å². The summed E-state index contributed by atoms with van der Waals surface area (Å²) >= 11 is 6.73. The van der Waals surface area contributed by atoms with Crippen LogP contribution in [0.25, 0.3) is 28.5 Å². The highest BCUT2D eigenvalue weighted by molar-refractivity contribution is 8.26. The predicted molar refractivity (Wildman–Crippen MR) is 138 cm³/mol. The van der Waals surface area contributed by atoms with Crippen LogP contribution in [0, 0.1) is 5.92 Å². The van der Waals surface area contributed by atoms with Crippen molar-refractivity contribution in [2.45, 2.75) is 31.7 Å². The van der Waals surface area contributed by atoms with Crippen LogP contribution in [0.15, 0.2) is 76.1 Å². The standard InChI is InChI=1S/C27H23NO4S2/c29-25-24(34-27(33)28(25)21-11-5-10-20(15-21)26(30)31)16-22-12-13-23(32-22)19-9-4-8-18(14-19)17-6-2-1-3-7-17/h1-4,6-9,12-14,16,20-21H,5,10-11,15H2,(H,30,31)/b24-16+. The third kappa shape index (κ3) is 4.58. The molecule has 1 aromatic heterocycles. The maximum absolute atomic E-state index is 13.1. The molecule has 0 spiro atoms. The van der Waals surface area contributed by atoms with E-state index in [0.29, 0.717) is 27.8 Å². The zero-order valence-electron chi connectivity index (χ0n) is 18.3. The Morgan fingerprint density at radius 2 is 1.79 bits per heavy atom. The number of thioether (sulfide) groups is 1. The fourth-order valence-corrected chi connectivity index (χ4v) is 6.00. The van der Waals surface area contributed by atoms with Crippen molar-refractivity contribution in [1.82, 2.24) is 4.90 Å². The number of carboxylic acids is 1. The van der Waals surface area contributed by atoms with Gasteiger partial charge in [0.15, 0.2) is 0 Å². The first-order valence-electron chi connectivity index (χ1n) is 11.2. The summed E-state index contributed by atoms with van der Waals surface area (Å²) in [6, 6.07) is 21.9. The van der Waals surface area contributed by atoms with Gasteiger partial charge in [0.05, 0.1) is 10.8 Å². The molecule has 34 heavy (non-hydrogen) atoms. The maximum Gasteiger partial charge on any atom is 0.306 e. The molecule has 1 saturated heterocycles. The Hall–Kier alpha value is -3.16. The van der Waals surface area contributed by atoms with E-state index in [1.807, 2.05) is 42.5 Å². The van der Waals surface area contributed by atoms with Crippen molar-refractivity contribution in [3.63, 3.8) is 0 Å². The highest BCUT2D eigenvalue weighted by atomic mass is 32.2. The number of furan rings is 1. The van der Waals surface area contributed by atoms with Crippen LogP contribution in [0.3, 0.4) is 0 Å². The van der Waals surface area contributed by atoms with Gasteiger partial charge in [0.1, 0.15) is 15.8 Å². The largest absolute Gasteiger partial charge is 0.481 e. The molecule has 0 bridgehead atoms. The van der Waals surface area contributed by atoms with E-state index in [2.05, 4.69) is 24.3 Å². The molecule has 5 nitrogen and oxygen atoms in total. The molecule has 5 rings (SSSR count). The Labute approximate surface area is 207 Å². The van der Waals surface area contributed by atoms with Crippen molar-refractivity contribution < 1.29 is 19.1 Å². The number of hydrogen-bond donors (Lipinski definition) is 1.